The fraction of sp³-hybridized carbons (Fsp3) is 0.353. The van der Waals surface area contributed by atoms with E-state index in [1.54, 1.807) is 23.5 Å². The Bertz CT molecular complexity index is 711. The van der Waals surface area contributed by atoms with Gasteiger partial charge in [0.05, 0.1) is 10.6 Å². The first kappa shape index (κ1) is 15.4. The SMILES string of the molecule is CC[C@@H]1CCc2c(sc(N)c2C(=O)Nc2cccc(Cl)c2)C1. The molecule has 0 bridgehead atoms. The minimum Gasteiger partial charge on any atom is -0.390 e. The standard InChI is InChI=1S/C17H19ClN2OS/c1-2-10-6-7-13-14(8-10)22-16(19)15(13)17(21)20-12-5-3-4-11(18)9-12/h3-5,9-10H,2,6-8,19H2,1H3,(H,20,21)/t10-/m1/s1. The highest BCUT2D eigenvalue weighted by molar-refractivity contribution is 7.16. The smallest absolute Gasteiger partial charge is 0.258 e. The fourth-order valence-electron chi connectivity index (χ4n) is 3.03. The Morgan fingerprint density at radius 2 is 2.32 bits per heavy atom. The first-order valence-electron chi connectivity index (χ1n) is 7.55. The van der Waals surface area contributed by atoms with E-state index in [0.717, 1.165) is 30.7 Å². The first-order chi connectivity index (χ1) is 10.6. The fourth-order valence-corrected chi connectivity index (χ4v) is 4.45. The van der Waals surface area contributed by atoms with Crippen LogP contribution in [-0.4, -0.2) is 5.91 Å². The number of anilines is 2. The summed E-state index contributed by atoms with van der Waals surface area (Å²) in [6, 6.07) is 7.16. The van der Waals surface area contributed by atoms with Crippen LogP contribution in [0.3, 0.4) is 0 Å². The van der Waals surface area contributed by atoms with Crippen molar-refractivity contribution >= 4 is 39.5 Å². The average molecular weight is 335 g/mol. The van der Waals surface area contributed by atoms with Crippen LogP contribution < -0.4 is 11.1 Å². The molecule has 0 saturated carbocycles. The Kier molecular flexibility index (Phi) is 4.41. The highest BCUT2D eigenvalue weighted by Gasteiger charge is 2.27. The second-order valence-corrected chi connectivity index (χ2v) is 7.30. The van der Waals surface area contributed by atoms with Gasteiger partial charge >= 0.3 is 0 Å². The lowest BCUT2D eigenvalue weighted by Gasteiger charge is -2.21. The van der Waals surface area contributed by atoms with Gasteiger partial charge in [0, 0.05) is 15.6 Å². The summed E-state index contributed by atoms with van der Waals surface area (Å²) < 4.78 is 0. The normalized spacial score (nSPS) is 17.1. The van der Waals surface area contributed by atoms with Gasteiger partial charge in [-0.15, -0.1) is 11.3 Å². The number of fused-ring (bicyclic) bond motifs is 1. The summed E-state index contributed by atoms with van der Waals surface area (Å²) in [6.07, 6.45) is 4.31. The monoisotopic (exact) mass is 334 g/mol. The molecule has 3 N–H and O–H groups in total. The third-order valence-corrected chi connectivity index (χ3v) is 5.60. The van der Waals surface area contributed by atoms with Crippen molar-refractivity contribution in [1.29, 1.82) is 0 Å². The molecule has 1 heterocycles. The van der Waals surface area contributed by atoms with Crippen molar-refractivity contribution in [2.75, 3.05) is 11.1 Å². The molecule has 0 saturated heterocycles. The van der Waals surface area contributed by atoms with Crippen molar-refractivity contribution in [3.63, 3.8) is 0 Å². The molecule has 3 nitrogen and oxygen atoms in total. The molecule has 1 aromatic carbocycles. The Morgan fingerprint density at radius 3 is 3.05 bits per heavy atom. The number of halogens is 1. The summed E-state index contributed by atoms with van der Waals surface area (Å²) in [5.74, 6) is 0.585. The third kappa shape index (κ3) is 2.99. The number of nitrogens with two attached hydrogens (primary N) is 1. The summed E-state index contributed by atoms with van der Waals surface area (Å²) >= 11 is 7.53. The van der Waals surface area contributed by atoms with Crippen molar-refractivity contribution < 1.29 is 4.79 Å². The van der Waals surface area contributed by atoms with E-state index in [9.17, 15) is 4.79 Å². The van der Waals surface area contributed by atoms with E-state index in [1.165, 1.54) is 11.3 Å². The molecular weight excluding hydrogens is 316 g/mol. The van der Waals surface area contributed by atoms with Crippen LogP contribution in [0.25, 0.3) is 0 Å². The van der Waals surface area contributed by atoms with E-state index >= 15 is 0 Å². The van der Waals surface area contributed by atoms with E-state index in [4.69, 9.17) is 17.3 Å². The molecule has 1 atom stereocenters. The van der Waals surface area contributed by atoms with E-state index in [-0.39, 0.29) is 5.91 Å². The van der Waals surface area contributed by atoms with Gasteiger partial charge in [0.1, 0.15) is 0 Å². The first-order valence-corrected chi connectivity index (χ1v) is 8.74. The zero-order chi connectivity index (χ0) is 15.7. The molecule has 2 aromatic rings. The predicted molar refractivity (Wildman–Crippen MR) is 93.9 cm³/mol. The number of nitrogen functional groups attached to an aromatic ring is 1. The second-order valence-electron chi connectivity index (χ2n) is 5.72. The molecule has 3 rings (SSSR count). The van der Waals surface area contributed by atoms with E-state index in [1.807, 2.05) is 12.1 Å². The highest BCUT2D eigenvalue weighted by Crippen LogP contribution is 2.39. The van der Waals surface area contributed by atoms with Crippen LogP contribution in [0, 0.1) is 5.92 Å². The summed E-state index contributed by atoms with van der Waals surface area (Å²) in [7, 11) is 0. The Labute approximate surface area is 139 Å². The lowest BCUT2D eigenvalue weighted by atomic mass is 9.85. The maximum absolute atomic E-state index is 12.6. The number of hydrogen-bond acceptors (Lipinski definition) is 3. The molecule has 1 aliphatic carbocycles. The molecule has 0 fully saturated rings. The number of thiophene rings is 1. The number of carbonyl (C=O) groups excluding carboxylic acids is 1. The zero-order valence-corrected chi connectivity index (χ0v) is 14.1. The van der Waals surface area contributed by atoms with Gasteiger partial charge in [0.25, 0.3) is 5.91 Å². The van der Waals surface area contributed by atoms with E-state index in [2.05, 4.69) is 12.2 Å². The Balaban J connectivity index is 1.86. The van der Waals surface area contributed by atoms with Crippen LogP contribution in [0.15, 0.2) is 24.3 Å². The molecule has 22 heavy (non-hydrogen) atoms. The van der Waals surface area contributed by atoms with Gasteiger partial charge in [0.15, 0.2) is 0 Å². The van der Waals surface area contributed by atoms with Crippen LogP contribution in [0.1, 0.15) is 40.6 Å². The average Bonchev–Trinajstić information content (AvgIpc) is 2.81. The van der Waals surface area contributed by atoms with E-state index < -0.39 is 0 Å². The molecule has 0 unspecified atom stereocenters. The quantitative estimate of drug-likeness (QED) is 0.850. The molecule has 0 spiro atoms. The molecule has 116 valence electrons. The number of rotatable bonds is 3. The lowest BCUT2D eigenvalue weighted by Crippen LogP contribution is -2.18. The van der Waals surface area contributed by atoms with Gasteiger partial charge in [-0.3, -0.25) is 4.79 Å². The summed E-state index contributed by atoms with van der Waals surface area (Å²) in [6.45, 7) is 2.22. The largest absolute Gasteiger partial charge is 0.390 e. The topological polar surface area (TPSA) is 55.1 Å². The Morgan fingerprint density at radius 1 is 1.50 bits per heavy atom. The summed E-state index contributed by atoms with van der Waals surface area (Å²) in [5, 5.41) is 4.13. The Hall–Kier alpha value is -1.52. The molecular formula is C17H19ClN2OS. The van der Waals surface area contributed by atoms with Crippen molar-refractivity contribution in [3.05, 3.63) is 45.3 Å². The van der Waals surface area contributed by atoms with Gasteiger partial charge in [-0.05, 0) is 48.9 Å². The van der Waals surface area contributed by atoms with Crippen molar-refractivity contribution in [2.24, 2.45) is 5.92 Å². The summed E-state index contributed by atoms with van der Waals surface area (Å²) in [5.41, 5.74) is 8.62. The van der Waals surface area contributed by atoms with Gasteiger partial charge in [-0.2, -0.15) is 0 Å². The molecule has 1 aromatic heterocycles. The van der Waals surface area contributed by atoms with Gasteiger partial charge in [-0.25, -0.2) is 0 Å². The van der Waals surface area contributed by atoms with Crippen LogP contribution in [-0.2, 0) is 12.8 Å². The number of nitrogens with one attached hydrogen (secondary N) is 1. The molecule has 0 aliphatic heterocycles. The number of benzene rings is 1. The number of hydrogen-bond donors (Lipinski definition) is 2. The maximum Gasteiger partial charge on any atom is 0.258 e. The van der Waals surface area contributed by atoms with Gasteiger partial charge < -0.3 is 11.1 Å². The molecule has 0 radical (unpaired) electrons. The number of amides is 1. The van der Waals surface area contributed by atoms with Crippen LogP contribution in [0.5, 0.6) is 0 Å². The van der Waals surface area contributed by atoms with Crippen LogP contribution >= 0.6 is 22.9 Å². The van der Waals surface area contributed by atoms with E-state index in [0.29, 0.717) is 21.3 Å². The van der Waals surface area contributed by atoms with Crippen molar-refractivity contribution in [2.45, 2.75) is 32.6 Å². The molecule has 1 amide bonds. The summed E-state index contributed by atoms with van der Waals surface area (Å²) in [4.78, 5) is 13.9. The minimum atomic E-state index is -0.132. The molecule has 5 heteroatoms. The van der Waals surface area contributed by atoms with Crippen molar-refractivity contribution in [3.8, 4) is 0 Å². The van der Waals surface area contributed by atoms with Crippen molar-refractivity contribution in [1.82, 2.24) is 0 Å². The third-order valence-electron chi connectivity index (χ3n) is 4.28. The number of carbonyl (C=O) groups is 1. The van der Waals surface area contributed by atoms with Crippen LogP contribution in [0.2, 0.25) is 5.02 Å². The lowest BCUT2D eigenvalue weighted by molar-refractivity contribution is 0.102. The van der Waals surface area contributed by atoms with Gasteiger partial charge in [0.2, 0.25) is 0 Å². The van der Waals surface area contributed by atoms with Crippen LogP contribution in [0.4, 0.5) is 10.7 Å². The molecule has 1 aliphatic rings. The zero-order valence-electron chi connectivity index (χ0n) is 12.5. The second kappa shape index (κ2) is 6.31. The highest BCUT2D eigenvalue weighted by atomic mass is 35.5. The van der Waals surface area contributed by atoms with Gasteiger partial charge in [-0.1, -0.05) is 31.0 Å². The minimum absolute atomic E-state index is 0.132. The predicted octanol–water partition coefficient (Wildman–Crippen LogP) is 4.75. The maximum atomic E-state index is 12.6.